The molecule has 0 saturated carbocycles. The van der Waals surface area contributed by atoms with Crippen molar-refractivity contribution in [2.24, 2.45) is 11.3 Å². The topological polar surface area (TPSA) is 69.6 Å². The molecule has 0 spiro atoms. The van der Waals surface area contributed by atoms with Gasteiger partial charge in [-0.3, -0.25) is 9.59 Å². The van der Waals surface area contributed by atoms with E-state index in [1.807, 2.05) is 0 Å². The predicted molar refractivity (Wildman–Crippen MR) is 71.8 cm³/mol. The molecule has 0 radical (unpaired) electrons. The second-order valence-electron chi connectivity index (χ2n) is 5.89. The van der Waals surface area contributed by atoms with E-state index in [-0.39, 0.29) is 17.2 Å². The van der Waals surface area contributed by atoms with Crippen molar-refractivity contribution in [2.75, 3.05) is 26.2 Å². The smallest absolute Gasteiger partial charge is 0.308 e. The third kappa shape index (κ3) is 2.91. The van der Waals surface area contributed by atoms with Crippen LogP contribution in [-0.4, -0.2) is 48.1 Å². The lowest BCUT2D eigenvalue weighted by molar-refractivity contribution is -0.149. The van der Waals surface area contributed by atoms with E-state index in [1.165, 1.54) is 0 Å². The van der Waals surface area contributed by atoms with Gasteiger partial charge in [0.25, 0.3) is 0 Å². The van der Waals surface area contributed by atoms with Crippen molar-refractivity contribution in [1.82, 2.24) is 10.2 Å². The van der Waals surface area contributed by atoms with Crippen molar-refractivity contribution in [1.29, 1.82) is 0 Å². The van der Waals surface area contributed by atoms with Crippen LogP contribution >= 0.6 is 0 Å². The highest BCUT2D eigenvalue weighted by atomic mass is 16.4. The Balaban J connectivity index is 2.07. The van der Waals surface area contributed by atoms with E-state index >= 15 is 0 Å². The number of piperidine rings is 1. The summed E-state index contributed by atoms with van der Waals surface area (Å²) in [7, 11) is 0. The summed E-state index contributed by atoms with van der Waals surface area (Å²) in [5.41, 5.74) is -0.283. The van der Waals surface area contributed by atoms with Crippen molar-refractivity contribution in [3.63, 3.8) is 0 Å². The van der Waals surface area contributed by atoms with Crippen molar-refractivity contribution in [3.8, 4) is 0 Å². The number of nitrogens with zero attached hydrogens (tertiary/aromatic N) is 1. The second-order valence-corrected chi connectivity index (χ2v) is 5.89. The summed E-state index contributed by atoms with van der Waals surface area (Å²) in [4.78, 5) is 25.7. The molecule has 0 aliphatic carbocycles. The number of nitrogens with one attached hydrogen (secondary N) is 1. The molecule has 2 aliphatic heterocycles. The Hall–Kier alpha value is -1.10. The number of aliphatic carboxylic acids is 1. The van der Waals surface area contributed by atoms with Crippen LogP contribution in [0.3, 0.4) is 0 Å². The molecule has 1 amide bonds. The minimum absolute atomic E-state index is 0.172. The number of carboxylic acid groups (broad SMARTS) is 1. The van der Waals surface area contributed by atoms with Crippen molar-refractivity contribution in [2.45, 2.75) is 39.0 Å². The van der Waals surface area contributed by atoms with Crippen LogP contribution in [0.5, 0.6) is 0 Å². The van der Waals surface area contributed by atoms with Crippen molar-refractivity contribution < 1.29 is 14.7 Å². The Morgan fingerprint density at radius 2 is 2.26 bits per heavy atom. The first-order valence-electron chi connectivity index (χ1n) is 7.32. The Labute approximate surface area is 114 Å². The van der Waals surface area contributed by atoms with E-state index in [0.717, 1.165) is 38.8 Å². The summed E-state index contributed by atoms with van der Waals surface area (Å²) in [5.74, 6) is -0.984. The van der Waals surface area contributed by atoms with Crippen LogP contribution in [0.4, 0.5) is 0 Å². The second kappa shape index (κ2) is 5.90. The highest BCUT2D eigenvalue weighted by Crippen LogP contribution is 2.34. The van der Waals surface area contributed by atoms with E-state index in [1.54, 1.807) is 4.90 Å². The monoisotopic (exact) mass is 268 g/mol. The molecular formula is C14H24N2O3. The molecule has 19 heavy (non-hydrogen) atoms. The van der Waals surface area contributed by atoms with Crippen LogP contribution < -0.4 is 5.32 Å². The maximum atomic E-state index is 12.8. The summed E-state index contributed by atoms with van der Waals surface area (Å²) < 4.78 is 0. The van der Waals surface area contributed by atoms with Gasteiger partial charge in [0.2, 0.25) is 5.91 Å². The molecule has 2 heterocycles. The molecule has 5 heteroatoms. The number of likely N-dealkylation sites (tertiary alicyclic amines) is 1. The van der Waals surface area contributed by atoms with Gasteiger partial charge in [0.15, 0.2) is 0 Å². The zero-order chi connectivity index (χ0) is 13.9. The molecule has 2 N–H and O–H groups in total. The molecule has 2 saturated heterocycles. The number of carbonyl (C=O) groups is 2. The van der Waals surface area contributed by atoms with Gasteiger partial charge in [-0.15, -0.1) is 0 Å². The molecule has 2 atom stereocenters. The maximum Gasteiger partial charge on any atom is 0.308 e. The third-order valence-corrected chi connectivity index (χ3v) is 4.48. The summed E-state index contributed by atoms with van der Waals surface area (Å²) in [6.07, 6.45) is 4.26. The first kappa shape index (κ1) is 14.3. The normalized spacial score (nSPS) is 31.4. The predicted octanol–water partition coefficient (Wildman–Crippen LogP) is 1.09. The lowest BCUT2D eigenvalue weighted by atomic mass is 9.80. The van der Waals surface area contributed by atoms with Crippen LogP contribution in [0.2, 0.25) is 0 Å². The number of carbonyl (C=O) groups excluding carboxylic acids is 1. The number of carboxylic acids is 1. The molecule has 2 aliphatic rings. The van der Waals surface area contributed by atoms with Gasteiger partial charge >= 0.3 is 5.97 Å². The quantitative estimate of drug-likeness (QED) is 0.801. The fraction of sp³-hybridized carbons (Fsp3) is 0.857. The van der Waals surface area contributed by atoms with Gasteiger partial charge in [0, 0.05) is 19.6 Å². The van der Waals surface area contributed by atoms with E-state index in [0.29, 0.717) is 19.5 Å². The first-order valence-corrected chi connectivity index (χ1v) is 7.32. The van der Waals surface area contributed by atoms with Gasteiger partial charge in [-0.25, -0.2) is 0 Å². The number of rotatable bonds is 4. The summed E-state index contributed by atoms with van der Waals surface area (Å²) >= 11 is 0. The number of hydrogen-bond acceptors (Lipinski definition) is 3. The summed E-state index contributed by atoms with van der Waals surface area (Å²) in [5, 5.41) is 12.4. The van der Waals surface area contributed by atoms with E-state index in [2.05, 4.69) is 12.2 Å². The lowest BCUT2D eigenvalue weighted by Crippen LogP contribution is -2.50. The van der Waals surface area contributed by atoms with Gasteiger partial charge in [-0.05, 0) is 32.2 Å². The fourth-order valence-corrected chi connectivity index (χ4v) is 3.42. The van der Waals surface area contributed by atoms with Crippen LogP contribution in [0.1, 0.15) is 39.0 Å². The first-order chi connectivity index (χ1) is 9.09. The van der Waals surface area contributed by atoms with Gasteiger partial charge in [-0.2, -0.15) is 0 Å². The maximum absolute atomic E-state index is 12.8. The molecule has 2 fully saturated rings. The van der Waals surface area contributed by atoms with Crippen LogP contribution in [0, 0.1) is 11.3 Å². The highest BCUT2D eigenvalue weighted by Gasteiger charge is 2.44. The Morgan fingerprint density at radius 3 is 2.84 bits per heavy atom. The minimum Gasteiger partial charge on any atom is -0.481 e. The highest BCUT2D eigenvalue weighted by molar-refractivity contribution is 5.84. The standard InChI is InChI=1S/C14H24N2O3/c1-2-5-14(6-7-15-10-14)13(19)16-8-3-4-11(9-16)12(17)18/h11,15H,2-10H2,1H3,(H,17,18)/t11-,14?/m0/s1. The molecule has 108 valence electrons. The SMILES string of the molecule is CCCC1(C(=O)N2CCC[C@H](C(=O)O)C2)CCNC1. The zero-order valence-corrected chi connectivity index (χ0v) is 11.7. The van der Waals surface area contributed by atoms with Gasteiger partial charge in [0.1, 0.15) is 0 Å². The van der Waals surface area contributed by atoms with Crippen LogP contribution in [0.15, 0.2) is 0 Å². The van der Waals surface area contributed by atoms with Crippen LogP contribution in [-0.2, 0) is 9.59 Å². The van der Waals surface area contributed by atoms with Crippen LogP contribution in [0.25, 0.3) is 0 Å². The average molecular weight is 268 g/mol. The summed E-state index contributed by atoms with van der Waals surface area (Å²) in [6.45, 7) is 4.84. The summed E-state index contributed by atoms with van der Waals surface area (Å²) in [6, 6.07) is 0. The van der Waals surface area contributed by atoms with Crippen molar-refractivity contribution >= 4 is 11.9 Å². The minimum atomic E-state index is -0.772. The lowest BCUT2D eigenvalue weighted by Gasteiger charge is -2.37. The number of hydrogen-bond donors (Lipinski definition) is 2. The molecule has 2 rings (SSSR count). The molecule has 0 bridgehead atoms. The average Bonchev–Trinajstić information content (AvgIpc) is 2.88. The van der Waals surface area contributed by atoms with E-state index < -0.39 is 5.97 Å². The molecule has 0 aromatic carbocycles. The van der Waals surface area contributed by atoms with E-state index in [4.69, 9.17) is 5.11 Å². The molecular weight excluding hydrogens is 244 g/mol. The Morgan fingerprint density at radius 1 is 1.47 bits per heavy atom. The molecule has 5 nitrogen and oxygen atoms in total. The Kier molecular flexibility index (Phi) is 4.45. The molecule has 0 aromatic rings. The van der Waals surface area contributed by atoms with Gasteiger partial charge in [-0.1, -0.05) is 13.3 Å². The largest absolute Gasteiger partial charge is 0.481 e. The van der Waals surface area contributed by atoms with E-state index in [9.17, 15) is 9.59 Å². The van der Waals surface area contributed by atoms with Gasteiger partial charge in [0.05, 0.1) is 11.3 Å². The molecule has 1 unspecified atom stereocenters. The van der Waals surface area contributed by atoms with Crippen molar-refractivity contribution in [3.05, 3.63) is 0 Å². The zero-order valence-electron chi connectivity index (χ0n) is 11.7. The molecule has 0 aromatic heterocycles. The number of amides is 1. The Bertz CT molecular complexity index is 351. The van der Waals surface area contributed by atoms with Gasteiger partial charge < -0.3 is 15.3 Å². The third-order valence-electron chi connectivity index (χ3n) is 4.48. The fourth-order valence-electron chi connectivity index (χ4n) is 3.42.